The standard InChI is InChI=1S/C15H22N2O/c1-2-3-4-10-15(18)17-14-9-5-8-13-12(14)7-6-11-16-13/h5,8-9,16H,2-4,6-7,10-11H2,1H3,(H,17,18). The first-order valence-electron chi connectivity index (χ1n) is 6.97. The lowest BCUT2D eigenvalue weighted by Gasteiger charge is -2.21. The summed E-state index contributed by atoms with van der Waals surface area (Å²) in [5.74, 6) is 0.141. The van der Waals surface area contributed by atoms with Crippen LogP contribution in [0.2, 0.25) is 0 Å². The number of anilines is 2. The largest absolute Gasteiger partial charge is 0.385 e. The fraction of sp³-hybridized carbons (Fsp3) is 0.533. The van der Waals surface area contributed by atoms with Crippen LogP contribution in [0.25, 0.3) is 0 Å². The Balaban J connectivity index is 1.98. The van der Waals surface area contributed by atoms with Crippen LogP contribution in [0.3, 0.4) is 0 Å². The van der Waals surface area contributed by atoms with E-state index in [2.05, 4.69) is 23.6 Å². The van der Waals surface area contributed by atoms with Crippen LogP contribution in [0.4, 0.5) is 11.4 Å². The van der Waals surface area contributed by atoms with Gasteiger partial charge in [0.2, 0.25) is 5.91 Å². The van der Waals surface area contributed by atoms with Gasteiger partial charge in [-0.3, -0.25) is 4.79 Å². The zero-order chi connectivity index (χ0) is 12.8. The van der Waals surface area contributed by atoms with E-state index in [9.17, 15) is 4.79 Å². The number of carbonyl (C=O) groups is 1. The van der Waals surface area contributed by atoms with E-state index >= 15 is 0 Å². The van der Waals surface area contributed by atoms with Gasteiger partial charge in [0.1, 0.15) is 0 Å². The first kappa shape index (κ1) is 12.9. The molecule has 2 rings (SSSR count). The van der Waals surface area contributed by atoms with Crippen LogP contribution in [-0.2, 0) is 11.2 Å². The Hall–Kier alpha value is -1.51. The van der Waals surface area contributed by atoms with E-state index in [0.29, 0.717) is 6.42 Å². The number of benzene rings is 1. The maximum absolute atomic E-state index is 11.8. The minimum absolute atomic E-state index is 0.141. The van der Waals surface area contributed by atoms with E-state index < -0.39 is 0 Å². The Morgan fingerprint density at radius 2 is 2.28 bits per heavy atom. The van der Waals surface area contributed by atoms with E-state index in [1.54, 1.807) is 0 Å². The summed E-state index contributed by atoms with van der Waals surface area (Å²) in [6.07, 6.45) is 6.07. The second-order valence-corrected chi connectivity index (χ2v) is 4.87. The van der Waals surface area contributed by atoms with Crippen molar-refractivity contribution in [2.45, 2.75) is 45.4 Å². The number of nitrogens with one attached hydrogen (secondary N) is 2. The fourth-order valence-electron chi connectivity index (χ4n) is 2.38. The molecule has 98 valence electrons. The highest BCUT2D eigenvalue weighted by Crippen LogP contribution is 2.28. The number of amides is 1. The van der Waals surface area contributed by atoms with Crippen molar-refractivity contribution in [3.05, 3.63) is 23.8 Å². The molecule has 0 atom stereocenters. The van der Waals surface area contributed by atoms with Crippen LogP contribution < -0.4 is 10.6 Å². The van der Waals surface area contributed by atoms with Gasteiger partial charge >= 0.3 is 0 Å². The van der Waals surface area contributed by atoms with E-state index in [0.717, 1.165) is 44.3 Å². The summed E-state index contributed by atoms with van der Waals surface area (Å²) in [5, 5.41) is 6.43. The molecule has 18 heavy (non-hydrogen) atoms. The normalized spacial score (nSPS) is 13.6. The number of hydrogen-bond acceptors (Lipinski definition) is 2. The maximum atomic E-state index is 11.8. The first-order valence-corrected chi connectivity index (χ1v) is 6.97. The van der Waals surface area contributed by atoms with Crippen molar-refractivity contribution in [2.75, 3.05) is 17.2 Å². The van der Waals surface area contributed by atoms with Crippen LogP contribution in [-0.4, -0.2) is 12.5 Å². The highest BCUT2D eigenvalue weighted by Gasteiger charge is 2.13. The minimum Gasteiger partial charge on any atom is -0.385 e. The lowest BCUT2D eigenvalue weighted by molar-refractivity contribution is -0.116. The molecule has 1 heterocycles. The van der Waals surface area contributed by atoms with E-state index in [1.165, 1.54) is 11.3 Å². The first-order chi connectivity index (χ1) is 8.81. The summed E-state index contributed by atoms with van der Waals surface area (Å²) in [6.45, 7) is 3.18. The van der Waals surface area contributed by atoms with Gasteiger partial charge in [0, 0.05) is 24.3 Å². The molecule has 0 bridgehead atoms. The molecule has 0 aromatic heterocycles. The van der Waals surface area contributed by atoms with Gasteiger partial charge in [0.15, 0.2) is 0 Å². The molecule has 1 aromatic rings. The summed E-state index contributed by atoms with van der Waals surface area (Å²) < 4.78 is 0. The third kappa shape index (κ3) is 3.25. The average molecular weight is 246 g/mol. The van der Waals surface area contributed by atoms with Crippen molar-refractivity contribution in [3.8, 4) is 0 Å². The van der Waals surface area contributed by atoms with Gasteiger partial charge in [-0.25, -0.2) is 0 Å². The van der Waals surface area contributed by atoms with Gasteiger partial charge in [-0.1, -0.05) is 25.8 Å². The predicted molar refractivity (Wildman–Crippen MR) is 76.0 cm³/mol. The molecular formula is C15H22N2O. The van der Waals surface area contributed by atoms with Crippen molar-refractivity contribution in [2.24, 2.45) is 0 Å². The minimum atomic E-state index is 0.141. The molecule has 0 saturated carbocycles. The van der Waals surface area contributed by atoms with Crippen LogP contribution in [0, 0.1) is 0 Å². The molecule has 3 nitrogen and oxygen atoms in total. The van der Waals surface area contributed by atoms with Crippen LogP contribution in [0.15, 0.2) is 18.2 Å². The van der Waals surface area contributed by atoms with Crippen molar-refractivity contribution < 1.29 is 4.79 Å². The Morgan fingerprint density at radius 3 is 3.11 bits per heavy atom. The van der Waals surface area contributed by atoms with Crippen molar-refractivity contribution in [1.82, 2.24) is 0 Å². The molecule has 0 aliphatic carbocycles. The predicted octanol–water partition coefficient (Wildman–Crippen LogP) is 3.56. The molecule has 1 aliphatic rings. The lowest BCUT2D eigenvalue weighted by Crippen LogP contribution is -2.17. The fourth-order valence-corrected chi connectivity index (χ4v) is 2.38. The Labute approximate surface area is 109 Å². The van der Waals surface area contributed by atoms with Gasteiger partial charge in [-0.05, 0) is 37.0 Å². The summed E-state index contributed by atoms with van der Waals surface area (Å²) in [4.78, 5) is 11.8. The highest BCUT2D eigenvalue weighted by molar-refractivity contribution is 5.92. The molecule has 1 aliphatic heterocycles. The SMILES string of the molecule is CCCCCC(=O)Nc1cccc2c1CCCN2. The summed E-state index contributed by atoms with van der Waals surface area (Å²) in [5.41, 5.74) is 3.42. The van der Waals surface area contributed by atoms with Crippen molar-refractivity contribution in [1.29, 1.82) is 0 Å². The molecule has 1 aromatic carbocycles. The summed E-state index contributed by atoms with van der Waals surface area (Å²) >= 11 is 0. The zero-order valence-corrected chi connectivity index (χ0v) is 11.1. The Bertz CT molecular complexity index is 415. The van der Waals surface area contributed by atoms with E-state index in [4.69, 9.17) is 0 Å². The molecule has 0 unspecified atom stereocenters. The van der Waals surface area contributed by atoms with Gasteiger partial charge < -0.3 is 10.6 Å². The molecule has 2 N–H and O–H groups in total. The second-order valence-electron chi connectivity index (χ2n) is 4.87. The second kappa shape index (κ2) is 6.43. The van der Waals surface area contributed by atoms with Gasteiger partial charge in [-0.2, -0.15) is 0 Å². The number of unbranched alkanes of at least 4 members (excludes halogenated alkanes) is 2. The monoisotopic (exact) mass is 246 g/mol. The lowest BCUT2D eigenvalue weighted by atomic mass is 10.0. The van der Waals surface area contributed by atoms with Gasteiger partial charge in [0.25, 0.3) is 0 Å². The topological polar surface area (TPSA) is 41.1 Å². The third-order valence-corrected chi connectivity index (χ3v) is 3.38. The van der Waals surface area contributed by atoms with Gasteiger partial charge in [0.05, 0.1) is 0 Å². The smallest absolute Gasteiger partial charge is 0.224 e. The number of carbonyl (C=O) groups excluding carboxylic acids is 1. The maximum Gasteiger partial charge on any atom is 0.224 e. The van der Waals surface area contributed by atoms with E-state index in [1.807, 2.05) is 12.1 Å². The molecule has 0 fully saturated rings. The quantitative estimate of drug-likeness (QED) is 0.780. The van der Waals surface area contributed by atoms with Crippen LogP contribution >= 0.6 is 0 Å². The molecule has 0 spiro atoms. The summed E-state index contributed by atoms with van der Waals surface area (Å²) in [7, 11) is 0. The number of rotatable bonds is 5. The Morgan fingerprint density at radius 1 is 1.39 bits per heavy atom. The van der Waals surface area contributed by atoms with E-state index in [-0.39, 0.29) is 5.91 Å². The molecule has 0 radical (unpaired) electrons. The third-order valence-electron chi connectivity index (χ3n) is 3.38. The highest BCUT2D eigenvalue weighted by atomic mass is 16.1. The number of hydrogen-bond donors (Lipinski definition) is 2. The molecule has 3 heteroatoms. The number of fused-ring (bicyclic) bond motifs is 1. The van der Waals surface area contributed by atoms with Crippen LogP contribution in [0.1, 0.15) is 44.6 Å². The van der Waals surface area contributed by atoms with Crippen molar-refractivity contribution >= 4 is 17.3 Å². The zero-order valence-electron chi connectivity index (χ0n) is 11.1. The Kier molecular flexibility index (Phi) is 4.62. The molecule has 0 saturated heterocycles. The molecular weight excluding hydrogens is 224 g/mol. The van der Waals surface area contributed by atoms with Crippen LogP contribution in [0.5, 0.6) is 0 Å². The average Bonchev–Trinajstić information content (AvgIpc) is 2.39. The summed E-state index contributed by atoms with van der Waals surface area (Å²) in [6, 6.07) is 6.09. The molecule has 1 amide bonds. The van der Waals surface area contributed by atoms with Crippen molar-refractivity contribution in [3.63, 3.8) is 0 Å². The van der Waals surface area contributed by atoms with Gasteiger partial charge in [-0.15, -0.1) is 0 Å².